The molecule has 1 amide bonds. The summed E-state index contributed by atoms with van der Waals surface area (Å²) in [6.45, 7) is 0. The summed E-state index contributed by atoms with van der Waals surface area (Å²) in [5.74, 6) is 1.15. The maximum Gasteiger partial charge on any atom is 0.257 e. The number of nitrogen functional groups attached to an aromatic ring is 1. The van der Waals surface area contributed by atoms with Crippen LogP contribution < -0.4 is 20.5 Å². The number of carbonyl (C=O) groups excluding carboxylic acids is 1. The van der Waals surface area contributed by atoms with Crippen molar-refractivity contribution in [1.29, 1.82) is 0 Å². The lowest BCUT2D eigenvalue weighted by Gasteiger charge is -2.22. The van der Waals surface area contributed by atoms with Crippen molar-refractivity contribution in [1.82, 2.24) is 20.0 Å². The lowest BCUT2D eigenvalue weighted by atomic mass is 9.95. The van der Waals surface area contributed by atoms with Crippen LogP contribution in [0.4, 0.5) is 5.82 Å². The Hall–Kier alpha value is -4.14. The predicted molar refractivity (Wildman–Crippen MR) is 136 cm³/mol. The van der Waals surface area contributed by atoms with Gasteiger partial charge < -0.3 is 20.5 Å². The van der Waals surface area contributed by atoms with E-state index in [-0.39, 0.29) is 17.8 Å². The van der Waals surface area contributed by atoms with Gasteiger partial charge >= 0.3 is 0 Å². The number of hydrogen-bond donors (Lipinski definition) is 2. The van der Waals surface area contributed by atoms with Gasteiger partial charge in [0.25, 0.3) is 5.91 Å². The SMILES string of the molecule is COc1ccc(/C=N/n2c(N)c(C(=O)NC3CCCCC3)c3nc4ccccc4nc32)cc1OC. The zero-order chi connectivity index (χ0) is 24.4. The third-order valence-electron chi connectivity index (χ3n) is 6.37. The minimum atomic E-state index is -0.246. The fourth-order valence-corrected chi connectivity index (χ4v) is 4.55. The van der Waals surface area contributed by atoms with Crippen LogP contribution in [0, 0.1) is 0 Å². The molecule has 0 spiro atoms. The van der Waals surface area contributed by atoms with E-state index in [4.69, 9.17) is 25.2 Å². The average molecular weight is 473 g/mol. The lowest BCUT2D eigenvalue weighted by molar-refractivity contribution is 0.0930. The Kier molecular flexibility index (Phi) is 6.22. The minimum absolute atomic E-state index is 0.137. The van der Waals surface area contributed by atoms with Gasteiger partial charge in [-0.25, -0.2) is 9.97 Å². The summed E-state index contributed by atoms with van der Waals surface area (Å²) in [7, 11) is 3.16. The number of aromatic nitrogens is 3. The van der Waals surface area contributed by atoms with Crippen LogP contribution in [0.15, 0.2) is 47.6 Å². The molecule has 0 unspecified atom stereocenters. The number of ether oxygens (including phenoxy) is 2. The maximum atomic E-state index is 13.4. The number of nitrogens with two attached hydrogens (primary N) is 1. The fraction of sp³-hybridized carbons (Fsp3) is 0.308. The minimum Gasteiger partial charge on any atom is -0.493 e. The van der Waals surface area contributed by atoms with E-state index in [0.717, 1.165) is 31.2 Å². The molecule has 2 aromatic heterocycles. The number of nitrogens with one attached hydrogen (secondary N) is 1. The standard InChI is InChI=1S/C26H28N6O3/c1-34-20-13-12-16(14-21(20)35-2)15-28-32-24(27)22(26(33)29-17-8-4-3-5-9-17)23-25(32)31-19-11-7-6-10-18(19)30-23/h6-7,10-15,17H,3-5,8-9,27H2,1-2H3,(H,29,33)/b28-15+. The summed E-state index contributed by atoms with van der Waals surface area (Å²) in [5, 5.41) is 7.73. The number of carbonyl (C=O) groups is 1. The molecule has 4 aromatic rings. The molecule has 5 rings (SSSR count). The quantitative estimate of drug-likeness (QED) is 0.408. The first-order valence-corrected chi connectivity index (χ1v) is 11.7. The molecule has 1 aliphatic carbocycles. The Labute approximate surface area is 202 Å². The Morgan fingerprint density at radius 2 is 1.77 bits per heavy atom. The zero-order valence-electron chi connectivity index (χ0n) is 19.8. The van der Waals surface area contributed by atoms with Gasteiger partial charge in [0.1, 0.15) is 16.9 Å². The van der Waals surface area contributed by atoms with Crippen molar-refractivity contribution in [2.75, 3.05) is 20.0 Å². The van der Waals surface area contributed by atoms with E-state index in [0.29, 0.717) is 39.3 Å². The normalized spacial score (nSPS) is 14.6. The van der Waals surface area contributed by atoms with Gasteiger partial charge in [0.05, 0.1) is 31.5 Å². The number of rotatable bonds is 6. The third kappa shape index (κ3) is 4.37. The Morgan fingerprint density at radius 3 is 2.49 bits per heavy atom. The van der Waals surface area contributed by atoms with E-state index < -0.39 is 0 Å². The molecule has 1 aliphatic rings. The molecular weight excluding hydrogens is 444 g/mol. The Morgan fingerprint density at radius 1 is 1.06 bits per heavy atom. The first kappa shape index (κ1) is 22.6. The number of fused-ring (bicyclic) bond motifs is 2. The van der Waals surface area contributed by atoms with Crippen molar-refractivity contribution in [3.8, 4) is 11.5 Å². The molecule has 9 nitrogen and oxygen atoms in total. The van der Waals surface area contributed by atoms with Gasteiger partial charge in [-0.2, -0.15) is 9.78 Å². The van der Waals surface area contributed by atoms with Gasteiger partial charge in [0.15, 0.2) is 17.1 Å². The van der Waals surface area contributed by atoms with Crippen molar-refractivity contribution in [3.63, 3.8) is 0 Å². The molecule has 0 atom stereocenters. The molecule has 1 saturated carbocycles. The highest BCUT2D eigenvalue weighted by Crippen LogP contribution is 2.30. The first-order valence-electron chi connectivity index (χ1n) is 11.7. The largest absolute Gasteiger partial charge is 0.493 e. The number of para-hydroxylation sites is 2. The van der Waals surface area contributed by atoms with Crippen molar-refractivity contribution in [2.24, 2.45) is 5.10 Å². The zero-order valence-corrected chi connectivity index (χ0v) is 19.8. The van der Waals surface area contributed by atoms with E-state index in [1.807, 2.05) is 36.4 Å². The lowest BCUT2D eigenvalue weighted by Crippen LogP contribution is -2.36. The van der Waals surface area contributed by atoms with Crippen LogP contribution in [0.3, 0.4) is 0 Å². The van der Waals surface area contributed by atoms with E-state index in [1.54, 1.807) is 26.5 Å². The first-order chi connectivity index (χ1) is 17.1. The second-order valence-corrected chi connectivity index (χ2v) is 8.62. The molecule has 180 valence electrons. The molecule has 0 saturated heterocycles. The number of hydrogen-bond acceptors (Lipinski definition) is 7. The number of methoxy groups -OCH3 is 2. The molecule has 35 heavy (non-hydrogen) atoms. The van der Waals surface area contributed by atoms with Gasteiger partial charge in [0, 0.05) is 6.04 Å². The maximum absolute atomic E-state index is 13.4. The topological polar surface area (TPSA) is 117 Å². The van der Waals surface area contributed by atoms with Crippen LogP contribution in [0.5, 0.6) is 11.5 Å². The number of anilines is 1. The monoisotopic (exact) mass is 472 g/mol. The second-order valence-electron chi connectivity index (χ2n) is 8.62. The van der Waals surface area contributed by atoms with Gasteiger partial charge in [-0.1, -0.05) is 31.4 Å². The van der Waals surface area contributed by atoms with E-state index in [2.05, 4.69) is 10.4 Å². The molecule has 2 aromatic carbocycles. The number of benzene rings is 2. The van der Waals surface area contributed by atoms with Crippen LogP contribution in [0.1, 0.15) is 48.0 Å². The van der Waals surface area contributed by atoms with Crippen molar-refractivity contribution >= 4 is 40.1 Å². The highest BCUT2D eigenvalue weighted by molar-refractivity contribution is 6.10. The molecule has 2 heterocycles. The Bertz CT molecular complexity index is 1420. The van der Waals surface area contributed by atoms with Crippen LogP contribution in [0.25, 0.3) is 22.2 Å². The average Bonchev–Trinajstić information content (AvgIpc) is 3.16. The molecule has 9 heteroatoms. The highest BCUT2D eigenvalue weighted by atomic mass is 16.5. The van der Waals surface area contributed by atoms with Crippen LogP contribution >= 0.6 is 0 Å². The summed E-state index contributed by atoms with van der Waals surface area (Å²) >= 11 is 0. The van der Waals surface area contributed by atoms with Gasteiger partial charge in [-0.15, -0.1) is 0 Å². The summed E-state index contributed by atoms with van der Waals surface area (Å²) in [4.78, 5) is 22.9. The van der Waals surface area contributed by atoms with Crippen LogP contribution in [-0.4, -0.2) is 47.0 Å². The van der Waals surface area contributed by atoms with E-state index >= 15 is 0 Å². The van der Waals surface area contributed by atoms with Gasteiger partial charge in [0.2, 0.25) is 0 Å². The highest BCUT2D eigenvalue weighted by Gasteiger charge is 2.26. The fourth-order valence-electron chi connectivity index (χ4n) is 4.55. The van der Waals surface area contributed by atoms with Gasteiger partial charge in [-0.3, -0.25) is 4.79 Å². The second kappa shape index (κ2) is 9.61. The van der Waals surface area contributed by atoms with Crippen LogP contribution in [-0.2, 0) is 0 Å². The molecule has 0 bridgehead atoms. The van der Waals surface area contributed by atoms with Crippen molar-refractivity contribution in [2.45, 2.75) is 38.1 Å². The summed E-state index contributed by atoms with van der Waals surface area (Å²) < 4.78 is 12.2. The van der Waals surface area contributed by atoms with Gasteiger partial charge in [-0.05, 0) is 48.7 Å². The predicted octanol–water partition coefficient (Wildman–Crippen LogP) is 4.13. The Balaban J connectivity index is 1.60. The molecule has 0 radical (unpaired) electrons. The summed E-state index contributed by atoms with van der Waals surface area (Å²) in [6, 6.07) is 13.1. The van der Waals surface area contributed by atoms with Crippen molar-refractivity contribution in [3.05, 3.63) is 53.6 Å². The number of nitrogens with zero attached hydrogens (tertiary/aromatic N) is 4. The van der Waals surface area contributed by atoms with E-state index in [9.17, 15) is 4.79 Å². The summed E-state index contributed by atoms with van der Waals surface area (Å²) in [5.41, 5.74) is 9.82. The number of amides is 1. The van der Waals surface area contributed by atoms with Crippen LogP contribution in [0.2, 0.25) is 0 Å². The molecule has 1 fully saturated rings. The van der Waals surface area contributed by atoms with E-state index in [1.165, 1.54) is 11.1 Å². The summed E-state index contributed by atoms with van der Waals surface area (Å²) in [6.07, 6.45) is 7.00. The molecule has 3 N–H and O–H groups in total. The molecule has 0 aliphatic heterocycles. The smallest absolute Gasteiger partial charge is 0.257 e. The van der Waals surface area contributed by atoms with Crippen molar-refractivity contribution < 1.29 is 14.3 Å². The molecular formula is C26H28N6O3. The third-order valence-corrected chi connectivity index (χ3v) is 6.37.